The zero-order valence-electron chi connectivity index (χ0n) is 9.80. The summed E-state index contributed by atoms with van der Waals surface area (Å²) in [6.45, 7) is 2.77. The number of hydrogen-bond donors (Lipinski definition) is 1. The van der Waals surface area contributed by atoms with Crippen LogP contribution in [-0.4, -0.2) is 42.2 Å². The maximum absolute atomic E-state index is 11.7. The predicted molar refractivity (Wildman–Crippen MR) is 76.5 cm³/mol. The number of thiocarbonyl (C=S) groups is 1. The second kappa shape index (κ2) is 6.63. The number of thiophene rings is 1. The molecule has 0 atom stereocenters. The van der Waals surface area contributed by atoms with E-state index in [9.17, 15) is 4.79 Å². The summed E-state index contributed by atoms with van der Waals surface area (Å²) < 4.78 is 5.22. The van der Waals surface area contributed by atoms with E-state index >= 15 is 0 Å². The SMILES string of the molecule is O=C(/C=C\c1cccs1)NC(=S)N1CCOCC1. The molecular weight excluding hydrogens is 268 g/mol. The summed E-state index contributed by atoms with van der Waals surface area (Å²) in [7, 11) is 0. The fraction of sp³-hybridized carbons (Fsp3) is 0.333. The molecule has 1 saturated heterocycles. The highest BCUT2D eigenvalue weighted by Crippen LogP contribution is 2.09. The lowest BCUT2D eigenvalue weighted by atomic mass is 10.4. The first kappa shape index (κ1) is 13.2. The average molecular weight is 282 g/mol. The lowest BCUT2D eigenvalue weighted by Gasteiger charge is -2.28. The van der Waals surface area contributed by atoms with Gasteiger partial charge in [0.1, 0.15) is 0 Å². The third kappa shape index (κ3) is 3.90. The monoisotopic (exact) mass is 282 g/mol. The normalized spacial score (nSPS) is 15.9. The van der Waals surface area contributed by atoms with Gasteiger partial charge in [0.2, 0.25) is 5.91 Å². The molecule has 1 N–H and O–H groups in total. The van der Waals surface area contributed by atoms with E-state index in [4.69, 9.17) is 17.0 Å². The van der Waals surface area contributed by atoms with Crippen LogP contribution in [0.15, 0.2) is 23.6 Å². The second-order valence-electron chi connectivity index (χ2n) is 3.74. The van der Waals surface area contributed by atoms with Gasteiger partial charge < -0.3 is 9.64 Å². The highest BCUT2D eigenvalue weighted by molar-refractivity contribution is 7.80. The Bertz CT molecular complexity index is 437. The molecule has 0 radical (unpaired) electrons. The lowest BCUT2D eigenvalue weighted by Crippen LogP contribution is -2.47. The van der Waals surface area contributed by atoms with Crippen LogP contribution in [0.3, 0.4) is 0 Å². The third-order valence-corrected chi connectivity index (χ3v) is 3.67. The quantitative estimate of drug-likeness (QED) is 0.659. The molecule has 1 aliphatic rings. The molecule has 6 heteroatoms. The van der Waals surface area contributed by atoms with Crippen LogP contribution in [0, 0.1) is 0 Å². The maximum atomic E-state index is 11.7. The van der Waals surface area contributed by atoms with Gasteiger partial charge in [-0.15, -0.1) is 11.3 Å². The molecule has 96 valence electrons. The van der Waals surface area contributed by atoms with Gasteiger partial charge in [-0.3, -0.25) is 10.1 Å². The van der Waals surface area contributed by atoms with Crippen molar-refractivity contribution in [3.05, 3.63) is 28.5 Å². The minimum Gasteiger partial charge on any atom is -0.378 e. The van der Waals surface area contributed by atoms with Gasteiger partial charge in [0, 0.05) is 24.0 Å². The van der Waals surface area contributed by atoms with Crippen LogP contribution in [-0.2, 0) is 9.53 Å². The van der Waals surface area contributed by atoms with Crippen molar-refractivity contribution in [2.45, 2.75) is 0 Å². The Balaban J connectivity index is 1.81. The Kier molecular flexibility index (Phi) is 4.86. The summed E-state index contributed by atoms with van der Waals surface area (Å²) in [5.74, 6) is -0.195. The molecule has 18 heavy (non-hydrogen) atoms. The zero-order valence-corrected chi connectivity index (χ0v) is 11.4. The minimum atomic E-state index is -0.195. The number of carbonyl (C=O) groups is 1. The van der Waals surface area contributed by atoms with Gasteiger partial charge in [0.25, 0.3) is 0 Å². The van der Waals surface area contributed by atoms with Gasteiger partial charge in [-0.05, 0) is 29.7 Å². The van der Waals surface area contributed by atoms with Gasteiger partial charge >= 0.3 is 0 Å². The molecule has 1 aromatic heterocycles. The molecule has 4 nitrogen and oxygen atoms in total. The molecule has 0 spiro atoms. The van der Waals surface area contributed by atoms with Crippen LogP contribution >= 0.6 is 23.6 Å². The van der Waals surface area contributed by atoms with E-state index in [1.807, 2.05) is 22.4 Å². The molecule has 2 heterocycles. The number of ether oxygens (including phenoxy) is 1. The fourth-order valence-corrected chi connectivity index (χ4v) is 2.44. The second-order valence-corrected chi connectivity index (χ2v) is 5.11. The molecule has 0 saturated carbocycles. The molecule has 0 aliphatic carbocycles. The van der Waals surface area contributed by atoms with Crippen molar-refractivity contribution in [1.82, 2.24) is 10.2 Å². The van der Waals surface area contributed by atoms with Crippen LogP contribution < -0.4 is 5.32 Å². The van der Waals surface area contributed by atoms with Crippen LogP contribution in [0.1, 0.15) is 4.88 Å². The zero-order chi connectivity index (χ0) is 12.8. The largest absolute Gasteiger partial charge is 0.378 e. The molecule has 0 aromatic carbocycles. The maximum Gasteiger partial charge on any atom is 0.250 e. The van der Waals surface area contributed by atoms with Crippen molar-refractivity contribution in [3.63, 3.8) is 0 Å². The van der Waals surface area contributed by atoms with E-state index in [0.717, 1.165) is 18.0 Å². The van der Waals surface area contributed by atoms with E-state index < -0.39 is 0 Å². The summed E-state index contributed by atoms with van der Waals surface area (Å²) in [6, 6.07) is 3.90. The summed E-state index contributed by atoms with van der Waals surface area (Å²) in [6.07, 6.45) is 3.28. The molecule has 0 unspecified atom stereocenters. The highest BCUT2D eigenvalue weighted by atomic mass is 32.1. The first-order chi connectivity index (χ1) is 8.75. The van der Waals surface area contributed by atoms with E-state index in [0.29, 0.717) is 18.3 Å². The van der Waals surface area contributed by atoms with Crippen LogP contribution in [0.4, 0.5) is 0 Å². The molecule has 1 aliphatic heterocycles. The number of hydrogen-bond acceptors (Lipinski definition) is 4. The van der Waals surface area contributed by atoms with Crippen molar-refractivity contribution in [2.75, 3.05) is 26.3 Å². The highest BCUT2D eigenvalue weighted by Gasteiger charge is 2.14. The first-order valence-corrected chi connectivity index (χ1v) is 6.94. The van der Waals surface area contributed by atoms with Crippen LogP contribution in [0.2, 0.25) is 0 Å². The number of rotatable bonds is 2. The Morgan fingerprint density at radius 2 is 2.28 bits per heavy atom. The van der Waals surface area contributed by atoms with Crippen molar-refractivity contribution in [2.24, 2.45) is 0 Å². The van der Waals surface area contributed by atoms with Crippen molar-refractivity contribution in [3.8, 4) is 0 Å². The molecular formula is C12H14N2O2S2. The number of carbonyl (C=O) groups excluding carboxylic acids is 1. The molecule has 1 fully saturated rings. The van der Waals surface area contributed by atoms with E-state index in [1.54, 1.807) is 17.4 Å². The Labute approximate surface area is 115 Å². The average Bonchev–Trinajstić information content (AvgIpc) is 2.90. The predicted octanol–water partition coefficient (Wildman–Crippen LogP) is 1.49. The van der Waals surface area contributed by atoms with E-state index in [1.165, 1.54) is 6.08 Å². The Morgan fingerprint density at radius 3 is 2.94 bits per heavy atom. The van der Waals surface area contributed by atoms with Crippen LogP contribution in [0.5, 0.6) is 0 Å². The molecule has 1 amide bonds. The Hall–Kier alpha value is -1.24. The van der Waals surface area contributed by atoms with Gasteiger partial charge in [0.05, 0.1) is 13.2 Å². The summed E-state index contributed by atoms with van der Waals surface area (Å²) >= 11 is 6.76. The molecule has 0 bridgehead atoms. The van der Waals surface area contributed by atoms with Crippen molar-refractivity contribution < 1.29 is 9.53 Å². The number of nitrogens with zero attached hydrogens (tertiary/aromatic N) is 1. The number of nitrogens with one attached hydrogen (secondary N) is 1. The van der Waals surface area contributed by atoms with Gasteiger partial charge in [-0.1, -0.05) is 6.07 Å². The van der Waals surface area contributed by atoms with Crippen molar-refractivity contribution in [1.29, 1.82) is 0 Å². The van der Waals surface area contributed by atoms with E-state index in [2.05, 4.69) is 5.32 Å². The van der Waals surface area contributed by atoms with Gasteiger partial charge in [-0.2, -0.15) is 0 Å². The Morgan fingerprint density at radius 1 is 1.50 bits per heavy atom. The summed E-state index contributed by atoms with van der Waals surface area (Å²) in [4.78, 5) is 14.6. The van der Waals surface area contributed by atoms with Crippen LogP contribution in [0.25, 0.3) is 6.08 Å². The number of morpholine rings is 1. The van der Waals surface area contributed by atoms with E-state index in [-0.39, 0.29) is 5.91 Å². The molecule has 1 aromatic rings. The third-order valence-electron chi connectivity index (χ3n) is 2.47. The first-order valence-electron chi connectivity index (χ1n) is 5.65. The summed E-state index contributed by atoms with van der Waals surface area (Å²) in [5, 5.41) is 5.13. The fourth-order valence-electron chi connectivity index (χ4n) is 1.54. The minimum absolute atomic E-state index is 0.195. The van der Waals surface area contributed by atoms with Gasteiger partial charge in [0.15, 0.2) is 5.11 Å². The van der Waals surface area contributed by atoms with Gasteiger partial charge in [-0.25, -0.2) is 0 Å². The number of amides is 1. The smallest absolute Gasteiger partial charge is 0.250 e. The van der Waals surface area contributed by atoms with Crippen molar-refractivity contribution >= 4 is 40.7 Å². The molecule has 2 rings (SSSR count). The summed E-state index contributed by atoms with van der Waals surface area (Å²) in [5.41, 5.74) is 0. The standard InChI is InChI=1S/C12H14N2O2S2/c15-11(4-3-10-2-1-9-18-10)13-12(17)14-5-7-16-8-6-14/h1-4,9H,5-8H2,(H,13,15,17)/b4-3-. The lowest BCUT2D eigenvalue weighted by molar-refractivity contribution is -0.115. The topological polar surface area (TPSA) is 41.6 Å².